The summed E-state index contributed by atoms with van der Waals surface area (Å²) in [6, 6.07) is 11.9. The predicted octanol–water partition coefficient (Wildman–Crippen LogP) is 4.81. The molecule has 0 aliphatic carbocycles. The van der Waals surface area contributed by atoms with E-state index in [9.17, 15) is 4.79 Å². The van der Waals surface area contributed by atoms with E-state index in [0.29, 0.717) is 5.69 Å². The van der Waals surface area contributed by atoms with Crippen LogP contribution in [-0.2, 0) is 0 Å². The third kappa shape index (κ3) is 5.24. The molecule has 1 fully saturated rings. The SMILES string of the molecule is CCCCN(C)c1ccc(C(=O)Nc2ccc(N3CCC(C)CC3)cc2)nc1. The lowest BCUT2D eigenvalue weighted by Gasteiger charge is -2.32. The summed E-state index contributed by atoms with van der Waals surface area (Å²) in [5, 5.41) is 2.94. The van der Waals surface area contributed by atoms with Gasteiger partial charge in [0.25, 0.3) is 5.91 Å². The fraction of sp³-hybridized carbons (Fsp3) is 0.478. The van der Waals surface area contributed by atoms with Gasteiger partial charge in [0.05, 0.1) is 11.9 Å². The van der Waals surface area contributed by atoms with Gasteiger partial charge in [0.2, 0.25) is 0 Å². The first-order valence-corrected chi connectivity index (χ1v) is 10.4. The van der Waals surface area contributed by atoms with E-state index in [4.69, 9.17) is 0 Å². The molecule has 0 saturated carbocycles. The van der Waals surface area contributed by atoms with E-state index in [-0.39, 0.29) is 5.91 Å². The molecule has 3 rings (SSSR count). The number of hydrogen-bond acceptors (Lipinski definition) is 4. The minimum atomic E-state index is -0.178. The van der Waals surface area contributed by atoms with Crippen molar-refractivity contribution in [3.8, 4) is 0 Å². The van der Waals surface area contributed by atoms with Gasteiger partial charge in [-0.1, -0.05) is 20.3 Å². The molecule has 1 aliphatic rings. The lowest BCUT2D eigenvalue weighted by Crippen LogP contribution is -2.32. The highest BCUT2D eigenvalue weighted by Gasteiger charge is 2.16. The maximum Gasteiger partial charge on any atom is 0.274 e. The molecule has 0 spiro atoms. The number of pyridine rings is 1. The Balaban J connectivity index is 1.57. The molecule has 150 valence electrons. The van der Waals surface area contributed by atoms with Crippen molar-refractivity contribution in [2.75, 3.05) is 41.8 Å². The summed E-state index contributed by atoms with van der Waals surface area (Å²) in [5.74, 6) is 0.641. The fourth-order valence-electron chi connectivity index (χ4n) is 3.49. The zero-order chi connectivity index (χ0) is 19.9. The number of rotatable bonds is 7. The van der Waals surface area contributed by atoms with Crippen molar-refractivity contribution in [1.29, 1.82) is 0 Å². The Morgan fingerprint density at radius 2 is 1.89 bits per heavy atom. The standard InChI is InChI=1S/C23H32N4O/c1-4-5-14-26(3)21-10-11-22(24-17-21)23(28)25-19-6-8-20(9-7-19)27-15-12-18(2)13-16-27/h6-11,17-18H,4-5,12-16H2,1-3H3,(H,25,28). The molecule has 1 aromatic heterocycles. The number of unbranched alkanes of at least 4 members (excludes halogenated alkanes) is 1. The summed E-state index contributed by atoms with van der Waals surface area (Å²) in [5.41, 5.74) is 3.49. The summed E-state index contributed by atoms with van der Waals surface area (Å²) in [7, 11) is 2.05. The van der Waals surface area contributed by atoms with Crippen molar-refractivity contribution in [3.63, 3.8) is 0 Å². The summed E-state index contributed by atoms with van der Waals surface area (Å²) >= 11 is 0. The number of aromatic nitrogens is 1. The average molecular weight is 381 g/mol. The topological polar surface area (TPSA) is 48.5 Å². The van der Waals surface area contributed by atoms with Gasteiger partial charge in [0.15, 0.2) is 0 Å². The molecule has 2 aromatic rings. The third-order valence-corrected chi connectivity index (χ3v) is 5.54. The van der Waals surface area contributed by atoms with Crippen LogP contribution in [0.4, 0.5) is 17.1 Å². The maximum atomic E-state index is 12.5. The molecule has 1 amide bonds. The Labute approximate surface area is 168 Å². The van der Waals surface area contributed by atoms with E-state index in [1.807, 2.05) is 18.2 Å². The Hall–Kier alpha value is -2.56. The van der Waals surface area contributed by atoms with Crippen molar-refractivity contribution in [2.24, 2.45) is 5.92 Å². The molecule has 1 aliphatic heterocycles. The van der Waals surface area contributed by atoms with Crippen molar-refractivity contribution in [2.45, 2.75) is 39.5 Å². The van der Waals surface area contributed by atoms with Gasteiger partial charge >= 0.3 is 0 Å². The molecule has 0 unspecified atom stereocenters. The Bertz CT molecular complexity index is 749. The Morgan fingerprint density at radius 3 is 2.50 bits per heavy atom. The molecule has 5 nitrogen and oxygen atoms in total. The van der Waals surface area contributed by atoms with Crippen LogP contribution in [0.25, 0.3) is 0 Å². The van der Waals surface area contributed by atoms with Crippen molar-refractivity contribution in [3.05, 3.63) is 48.3 Å². The maximum absolute atomic E-state index is 12.5. The molecular formula is C23H32N4O. The molecule has 2 heterocycles. The van der Waals surface area contributed by atoms with Crippen molar-refractivity contribution in [1.82, 2.24) is 4.98 Å². The second-order valence-electron chi connectivity index (χ2n) is 7.85. The third-order valence-electron chi connectivity index (χ3n) is 5.54. The van der Waals surface area contributed by atoms with E-state index < -0.39 is 0 Å². The fourth-order valence-corrected chi connectivity index (χ4v) is 3.49. The smallest absolute Gasteiger partial charge is 0.274 e. The molecular weight excluding hydrogens is 348 g/mol. The highest BCUT2D eigenvalue weighted by atomic mass is 16.1. The number of carbonyl (C=O) groups is 1. The number of benzene rings is 1. The van der Waals surface area contributed by atoms with Crippen LogP contribution in [-0.4, -0.2) is 37.6 Å². The highest BCUT2D eigenvalue weighted by Crippen LogP contribution is 2.24. The van der Waals surface area contributed by atoms with Crippen molar-refractivity contribution >= 4 is 23.0 Å². The summed E-state index contributed by atoms with van der Waals surface area (Å²) in [6.45, 7) is 7.70. The molecule has 1 saturated heterocycles. The minimum absolute atomic E-state index is 0.178. The van der Waals surface area contributed by atoms with Crippen LogP contribution in [0.5, 0.6) is 0 Å². The molecule has 28 heavy (non-hydrogen) atoms. The van der Waals surface area contributed by atoms with Crippen LogP contribution in [0.1, 0.15) is 50.0 Å². The van der Waals surface area contributed by atoms with Gasteiger partial charge in [0.1, 0.15) is 5.69 Å². The van der Waals surface area contributed by atoms with Gasteiger partial charge in [-0.3, -0.25) is 4.79 Å². The monoisotopic (exact) mass is 380 g/mol. The summed E-state index contributed by atoms with van der Waals surface area (Å²) in [4.78, 5) is 21.4. The number of carbonyl (C=O) groups excluding carboxylic acids is 1. The van der Waals surface area contributed by atoms with E-state index in [2.05, 4.69) is 53.1 Å². The van der Waals surface area contributed by atoms with Crippen LogP contribution < -0.4 is 15.1 Å². The van der Waals surface area contributed by atoms with Crippen LogP contribution in [0, 0.1) is 5.92 Å². The number of nitrogens with zero attached hydrogens (tertiary/aromatic N) is 3. The lowest BCUT2D eigenvalue weighted by atomic mass is 9.99. The van der Waals surface area contributed by atoms with Gasteiger partial charge in [-0.05, 0) is 61.6 Å². The lowest BCUT2D eigenvalue weighted by molar-refractivity contribution is 0.102. The van der Waals surface area contributed by atoms with Crippen LogP contribution in [0.3, 0.4) is 0 Å². The van der Waals surface area contributed by atoms with E-state index >= 15 is 0 Å². The van der Waals surface area contributed by atoms with Gasteiger partial charge < -0.3 is 15.1 Å². The van der Waals surface area contributed by atoms with Gasteiger partial charge in [0, 0.05) is 38.1 Å². The average Bonchev–Trinajstić information content (AvgIpc) is 2.73. The van der Waals surface area contributed by atoms with Crippen molar-refractivity contribution < 1.29 is 4.79 Å². The van der Waals surface area contributed by atoms with Crippen LogP contribution in [0.15, 0.2) is 42.6 Å². The van der Waals surface area contributed by atoms with Gasteiger partial charge in [-0.2, -0.15) is 0 Å². The molecule has 1 N–H and O–H groups in total. The number of anilines is 3. The molecule has 0 atom stereocenters. The quantitative estimate of drug-likeness (QED) is 0.749. The number of nitrogens with one attached hydrogen (secondary N) is 1. The first-order valence-electron chi connectivity index (χ1n) is 10.4. The van der Waals surface area contributed by atoms with E-state index in [1.165, 1.54) is 18.5 Å². The molecule has 5 heteroatoms. The first kappa shape index (κ1) is 20.2. The molecule has 1 aromatic carbocycles. The molecule has 0 radical (unpaired) electrons. The van der Waals surface area contributed by atoms with E-state index in [1.54, 1.807) is 12.3 Å². The van der Waals surface area contributed by atoms with Crippen LogP contribution in [0.2, 0.25) is 0 Å². The number of hydrogen-bond donors (Lipinski definition) is 1. The predicted molar refractivity (Wildman–Crippen MR) is 117 cm³/mol. The Kier molecular flexibility index (Phi) is 6.90. The second kappa shape index (κ2) is 9.58. The van der Waals surface area contributed by atoms with Crippen LogP contribution >= 0.6 is 0 Å². The minimum Gasteiger partial charge on any atom is -0.373 e. The van der Waals surface area contributed by atoms with E-state index in [0.717, 1.165) is 49.8 Å². The zero-order valence-electron chi connectivity index (χ0n) is 17.3. The number of piperidine rings is 1. The zero-order valence-corrected chi connectivity index (χ0v) is 17.3. The summed E-state index contributed by atoms with van der Waals surface area (Å²) < 4.78 is 0. The number of amides is 1. The van der Waals surface area contributed by atoms with Gasteiger partial charge in [-0.15, -0.1) is 0 Å². The second-order valence-corrected chi connectivity index (χ2v) is 7.85. The largest absolute Gasteiger partial charge is 0.373 e. The highest BCUT2D eigenvalue weighted by molar-refractivity contribution is 6.03. The first-order chi connectivity index (χ1) is 13.6. The summed E-state index contributed by atoms with van der Waals surface area (Å²) in [6.07, 6.45) is 6.56. The van der Waals surface area contributed by atoms with Gasteiger partial charge in [-0.25, -0.2) is 4.98 Å². The Morgan fingerprint density at radius 1 is 1.18 bits per heavy atom. The molecule has 0 bridgehead atoms. The normalized spacial score (nSPS) is 14.8.